The Bertz CT molecular complexity index is 615. The highest BCUT2D eigenvalue weighted by molar-refractivity contribution is 7.83. The van der Waals surface area contributed by atoms with E-state index in [0.29, 0.717) is 5.75 Å². The van der Waals surface area contributed by atoms with Crippen LogP contribution in [0.15, 0.2) is 41.0 Å². The summed E-state index contributed by atoms with van der Waals surface area (Å²) in [5, 5.41) is 8.93. The lowest BCUT2D eigenvalue weighted by Crippen LogP contribution is -2.04. The standard InChI is InChI=1S/C14H14O4S/c1-10-3-2-4-11(7-10)8-19(17)9-13-12(14(15)16)5-6-18-13/h2-7H,8-9H2,1H3,(H,15,16). The molecule has 5 heteroatoms. The van der Waals surface area contributed by atoms with E-state index < -0.39 is 16.8 Å². The molecule has 1 heterocycles. The summed E-state index contributed by atoms with van der Waals surface area (Å²) in [4.78, 5) is 10.9. The van der Waals surface area contributed by atoms with Gasteiger partial charge in [0.1, 0.15) is 11.3 Å². The molecule has 0 amide bonds. The molecule has 0 radical (unpaired) electrons. The SMILES string of the molecule is Cc1cccc(CS(=O)Cc2occc2C(=O)O)c1. The Hall–Kier alpha value is -1.88. The largest absolute Gasteiger partial charge is 0.478 e. The smallest absolute Gasteiger partial charge is 0.339 e. The monoisotopic (exact) mass is 278 g/mol. The highest BCUT2D eigenvalue weighted by Crippen LogP contribution is 2.15. The number of hydrogen-bond acceptors (Lipinski definition) is 3. The van der Waals surface area contributed by atoms with Crippen molar-refractivity contribution in [3.63, 3.8) is 0 Å². The summed E-state index contributed by atoms with van der Waals surface area (Å²) < 4.78 is 17.1. The lowest BCUT2D eigenvalue weighted by Gasteiger charge is -2.03. The van der Waals surface area contributed by atoms with E-state index in [-0.39, 0.29) is 17.1 Å². The fourth-order valence-corrected chi connectivity index (χ4v) is 3.00. The van der Waals surface area contributed by atoms with Gasteiger partial charge < -0.3 is 9.52 Å². The second-order valence-electron chi connectivity index (χ2n) is 4.28. The summed E-state index contributed by atoms with van der Waals surface area (Å²) in [7, 11) is -1.19. The van der Waals surface area contributed by atoms with Crippen LogP contribution in [0.5, 0.6) is 0 Å². The number of carboxylic acid groups (broad SMARTS) is 1. The van der Waals surface area contributed by atoms with E-state index in [1.165, 1.54) is 12.3 Å². The molecule has 0 bridgehead atoms. The predicted molar refractivity (Wildman–Crippen MR) is 72.4 cm³/mol. The van der Waals surface area contributed by atoms with Gasteiger partial charge in [0.2, 0.25) is 0 Å². The van der Waals surface area contributed by atoms with Gasteiger partial charge in [0, 0.05) is 16.6 Å². The zero-order valence-electron chi connectivity index (χ0n) is 10.5. The van der Waals surface area contributed by atoms with Gasteiger partial charge in [0.05, 0.1) is 12.0 Å². The number of benzene rings is 1. The van der Waals surface area contributed by atoms with Crippen LogP contribution < -0.4 is 0 Å². The van der Waals surface area contributed by atoms with E-state index in [2.05, 4.69) is 0 Å². The summed E-state index contributed by atoms with van der Waals surface area (Å²) in [6, 6.07) is 9.14. The number of rotatable bonds is 5. The first kappa shape index (κ1) is 13.5. The molecule has 1 aromatic carbocycles. The van der Waals surface area contributed by atoms with Crippen molar-refractivity contribution < 1.29 is 18.5 Å². The third-order valence-corrected chi connectivity index (χ3v) is 3.92. The van der Waals surface area contributed by atoms with Crippen molar-refractivity contribution in [3.05, 3.63) is 59.0 Å². The summed E-state index contributed by atoms with van der Waals surface area (Å²) in [5.74, 6) is -0.293. The molecule has 1 unspecified atom stereocenters. The number of aryl methyl sites for hydroxylation is 1. The average molecular weight is 278 g/mol. The number of carbonyl (C=O) groups is 1. The van der Waals surface area contributed by atoms with Gasteiger partial charge in [-0.3, -0.25) is 4.21 Å². The summed E-state index contributed by atoms with van der Waals surface area (Å²) in [6.45, 7) is 1.97. The van der Waals surface area contributed by atoms with Crippen LogP contribution in [0.2, 0.25) is 0 Å². The summed E-state index contributed by atoms with van der Waals surface area (Å²) >= 11 is 0. The van der Waals surface area contributed by atoms with E-state index >= 15 is 0 Å². The molecule has 0 spiro atoms. The molecule has 100 valence electrons. The molecule has 0 saturated heterocycles. The van der Waals surface area contributed by atoms with E-state index in [1.54, 1.807) is 0 Å². The lowest BCUT2D eigenvalue weighted by molar-refractivity contribution is 0.0695. The van der Waals surface area contributed by atoms with Crippen molar-refractivity contribution in [2.24, 2.45) is 0 Å². The van der Waals surface area contributed by atoms with E-state index in [9.17, 15) is 9.00 Å². The van der Waals surface area contributed by atoms with Crippen molar-refractivity contribution in [1.29, 1.82) is 0 Å². The summed E-state index contributed by atoms with van der Waals surface area (Å²) in [5.41, 5.74) is 2.16. The van der Waals surface area contributed by atoms with Crippen molar-refractivity contribution in [1.82, 2.24) is 0 Å². The Morgan fingerprint density at radius 3 is 2.79 bits per heavy atom. The highest BCUT2D eigenvalue weighted by Gasteiger charge is 2.15. The molecule has 0 saturated carbocycles. The lowest BCUT2D eigenvalue weighted by atomic mass is 10.2. The van der Waals surface area contributed by atoms with E-state index in [1.807, 2.05) is 31.2 Å². The second-order valence-corrected chi connectivity index (χ2v) is 5.74. The first-order chi connectivity index (χ1) is 9.06. The van der Waals surface area contributed by atoms with Crippen LogP contribution in [0.4, 0.5) is 0 Å². The maximum absolute atomic E-state index is 12.0. The molecule has 2 rings (SSSR count). The van der Waals surface area contributed by atoms with Gasteiger partial charge in [-0.25, -0.2) is 4.79 Å². The van der Waals surface area contributed by atoms with Crippen LogP contribution in [0.25, 0.3) is 0 Å². The van der Waals surface area contributed by atoms with Gasteiger partial charge in [0.25, 0.3) is 0 Å². The number of hydrogen-bond donors (Lipinski definition) is 1. The zero-order valence-corrected chi connectivity index (χ0v) is 11.3. The molecular weight excluding hydrogens is 264 g/mol. The van der Waals surface area contributed by atoms with Crippen LogP contribution in [-0.4, -0.2) is 15.3 Å². The van der Waals surface area contributed by atoms with Gasteiger partial charge in [-0.05, 0) is 18.6 Å². The Balaban J connectivity index is 2.05. The first-order valence-corrected chi connectivity index (χ1v) is 7.25. The highest BCUT2D eigenvalue weighted by atomic mass is 32.2. The molecule has 19 heavy (non-hydrogen) atoms. The van der Waals surface area contributed by atoms with Crippen LogP contribution >= 0.6 is 0 Å². The molecule has 0 aliphatic rings. The van der Waals surface area contributed by atoms with Gasteiger partial charge >= 0.3 is 5.97 Å². The fourth-order valence-electron chi connectivity index (χ4n) is 1.83. The average Bonchev–Trinajstić information content (AvgIpc) is 2.76. The first-order valence-electron chi connectivity index (χ1n) is 5.76. The topological polar surface area (TPSA) is 67.5 Å². The Kier molecular flexibility index (Phi) is 4.16. The predicted octanol–water partition coefficient (Wildman–Crippen LogP) is 2.74. The van der Waals surface area contributed by atoms with Crippen LogP contribution in [-0.2, 0) is 22.3 Å². The Morgan fingerprint density at radius 2 is 2.11 bits per heavy atom. The zero-order chi connectivity index (χ0) is 13.8. The molecular formula is C14H14O4S. The molecule has 4 nitrogen and oxygen atoms in total. The second kappa shape index (κ2) is 5.84. The molecule has 0 fully saturated rings. The molecule has 1 N–H and O–H groups in total. The minimum atomic E-state index is -1.19. The van der Waals surface area contributed by atoms with Crippen molar-refractivity contribution in [2.45, 2.75) is 18.4 Å². The number of carboxylic acids is 1. The van der Waals surface area contributed by atoms with Crippen LogP contribution in [0.1, 0.15) is 27.2 Å². The van der Waals surface area contributed by atoms with Crippen molar-refractivity contribution in [2.75, 3.05) is 0 Å². The molecule has 0 aliphatic carbocycles. The van der Waals surface area contributed by atoms with Crippen molar-refractivity contribution in [3.8, 4) is 0 Å². The van der Waals surface area contributed by atoms with Crippen molar-refractivity contribution >= 4 is 16.8 Å². The van der Waals surface area contributed by atoms with E-state index in [0.717, 1.165) is 11.1 Å². The molecule has 1 atom stereocenters. The van der Waals surface area contributed by atoms with Gasteiger partial charge in [0.15, 0.2) is 0 Å². The number of furan rings is 1. The van der Waals surface area contributed by atoms with Gasteiger partial charge in [-0.1, -0.05) is 29.8 Å². The van der Waals surface area contributed by atoms with Crippen LogP contribution in [0, 0.1) is 6.92 Å². The third-order valence-electron chi connectivity index (χ3n) is 2.68. The molecule has 0 aliphatic heterocycles. The minimum Gasteiger partial charge on any atom is -0.478 e. The van der Waals surface area contributed by atoms with Gasteiger partial charge in [-0.2, -0.15) is 0 Å². The maximum Gasteiger partial charge on any atom is 0.339 e. The summed E-state index contributed by atoms with van der Waals surface area (Å²) in [6.07, 6.45) is 1.31. The Labute approximate surface area is 113 Å². The minimum absolute atomic E-state index is 0.0811. The molecule has 2 aromatic rings. The number of aromatic carboxylic acids is 1. The third kappa shape index (κ3) is 3.54. The fraction of sp³-hybridized carbons (Fsp3) is 0.214. The quantitative estimate of drug-likeness (QED) is 0.913. The molecule has 1 aromatic heterocycles. The van der Waals surface area contributed by atoms with Gasteiger partial charge in [-0.15, -0.1) is 0 Å². The van der Waals surface area contributed by atoms with E-state index in [4.69, 9.17) is 9.52 Å². The Morgan fingerprint density at radius 1 is 1.32 bits per heavy atom. The maximum atomic E-state index is 12.0. The van der Waals surface area contributed by atoms with Crippen LogP contribution in [0.3, 0.4) is 0 Å². The normalized spacial score (nSPS) is 12.3.